The van der Waals surface area contributed by atoms with Gasteiger partial charge in [-0.15, -0.1) is 0 Å². The molecule has 3 rings (SSSR count). The molecule has 3 heteroatoms. The topological polar surface area (TPSA) is 9.23 Å². The second-order valence-corrected chi connectivity index (χ2v) is 10.6. The van der Waals surface area contributed by atoms with Gasteiger partial charge in [-0.2, -0.15) is 4.39 Å². The molecule has 31 heavy (non-hydrogen) atoms. The minimum Gasteiger partial charge on any atom is -0.488 e. The van der Waals surface area contributed by atoms with Crippen molar-refractivity contribution < 1.29 is 13.5 Å². The van der Waals surface area contributed by atoms with Crippen LogP contribution < -0.4 is 4.74 Å². The first-order chi connectivity index (χ1) is 15.0. The molecule has 0 radical (unpaired) electrons. The van der Waals surface area contributed by atoms with Gasteiger partial charge in [-0.25, -0.2) is 4.39 Å². The Morgan fingerprint density at radius 1 is 0.903 bits per heavy atom. The number of halogens is 2. The Bertz CT molecular complexity index is 665. The van der Waals surface area contributed by atoms with E-state index in [-0.39, 0.29) is 17.8 Å². The highest BCUT2D eigenvalue weighted by atomic mass is 19.2. The van der Waals surface area contributed by atoms with Gasteiger partial charge in [0.2, 0.25) is 5.82 Å². The molecule has 2 fully saturated rings. The second-order valence-electron chi connectivity index (χ2n) is 10.6. The van der Waals surface area contributed by atoms with Gasteiger partial charge in [0.15, 0.2) is 11.6 Å². The predicted octanol–water partition coefficient (Wildman–Crippen LogP) is 9.19. The zero-order chi connectivity index (χ0) is 22.2. The molecule has 0 heterocycles. The van der Waals surface area contributed by atoms with Crippen LogP contribution >= 0.6 is 0 Å². The molecule has 0 N–H and O–H groups in total. The van der Waals surface area contributed by atoms with Crippen molar-refractivity contribution in [1.29, 1.82) is 0 Å². The molecule has 3 atom stereocenters. The molecule has 1 aromatic rings. The Morgan fingerprint density at radius 3 is 2.35 bits per heavy atom. The van der Waals surface area contributed by atoms with Crippen LogP contribution in [0.3, 0.4) is 0 Å². The van der Waals surface area contributed by atoms with E-state index in [9.17, 15) is 8.78 Å². The van der Waals surface area contributed by atoms with Crippen molar-refractivity contribution in [2.75, 3.05) is 0 Å². The van der Waals surface area contributed by atoms with Crippen LogP contribution in [0.15, 0.2) is 12.1 Å². The van der Waals surface area contributed by atoms with Crippen molar-refractivity contribution >= 4 is 0 Å². The summed E-state index contributed by atoms with van der Waals surface area (Å²) < 4.78 is 35.3. The molecule has 0 amide bonds. The van der Waals surface area contributed by atoms with E-state index in [1.165, 1.54) is 38.5 Å². The zero-order valence-electron chi connectivity index (χ0n) is 20.1. The van der Waals surface area contributed by atoms with Gasteiger partial charge in [-0.05, 0) is 87.2 Å². The van der Waals surface area contributed by atoms with Gasteiger partial charge in [-0.3, -0.25) is 0 Å². The summed E-state index contributed by atoms with van der Waals surface area (Å²) in [6.45, 7) is 6.49. The molecule has 2 saturated carbocycles. The number of hydrogen-bond acceptors (Lipinski definition) is 1. The quantitative estimate of drug-likeness (QED) is 0.278. The molecule has 1 aromatic carbocycles. The van der Waals surface area contributed by atoms with Crippen LogP contribution in [-0.4, -0.2) is 6.10 Å². The highest BCUT2D eigenvalue weighted by molar-refractivity contribution is 5.33. The summed E-state index contributed by atoms with van der Waals surface area (Å²) in [4.78, 5) is 0. The van der Waals surface area contributed by atoms with Crippen molar-refractivity contribution in [3.8, 4) is 5.75 Å². The van der Waals surface area contributed by atoms with Crippen molar-refractivity contribution in [2.45, 2.75) is 123 Å². The maximum absolute atomic E-state index is 14.9. The van der Waals surface area contributed by atoms with E-state index in [0.29, 0.717) is 5.56 Å². The molecule has 0 saturated heterocycles. The third kappa shape index (κ3) is 7.19. The average molecular weight is 435 g/mol. The van der Waals surface area contributed by atoms with E-state index in [1.54, 1.807) is 12.1 Å². The Kier molecular flexibility index (Phi) is 9.66. The number of ether oxygens (including phenoxy) is 1. The fourth-order valence-corrected chi connectivity index (χ4v) is 5.89. The first-order valence-electron chi connectivity index (χ1n) is 13.1. The van der Waals surface area contributed by atoms with Crippen LogP contribution in [0, 0.1) is 29.4 Å². The van der Waals surface area contributed by atoms with Gasteiger partial charge in [0.1, 0.15) is 0 Å². The van der Waals surface area contributed by atoms with Crippen molar-refractivity contribution in [3.63, 3.8) is 0 Å². The molecule has 0 aliphatic heterocycles. The standard InChI is InChI=1S/C28H44F2O/c1-4-5-6-9-21(3)31-26-18-17-25(27(29)28(26)30)24-15-13-23(14-16-24)19-22-10-7-8-20(2)11-12-22/h17-18,20-24H,4-16,19H2,1-3H3. The van der Waals surface area contributed by atoms with E-state index in [1.807, 2.05) is 6.92 Å². The molecule has 3 unspecified atom stereocenters. The van der Waals surface area contributed by atoms with Crippen LogP contribution in [0.1, 0.15) is 122 Å². The number of unbranched alkanes of at least 4 members (excludes halogenated alkanes) is 2. The summed E-state index contributed by atoms with van der Waals surface area (Å²) >= 11 is 0. The van der Waals surface area contributed by atoms with E-state index >= 15 is 0 Å². The fourth-order valence-electron chi connectivity index (χ4n) is 5.89. The fraction of sp³-hybridized carbons (Fsp3) is 0.786. The van der Waals surface area contributed by atoms with Crippen LogP contribution in [0.4, 0.5) is 8.78 Å². The Labute approximate surface area is 189 Å². The summed E-state index contributed by atoms with van der Waals surface area (Å²) in [6, 6.07) is 3.44. The SMILES string of the molecule is CCCCCC(C)Oc1ccc(C2CCC(CC3CCCC(C)CC3)CC2)c(F)c1F. The molecule has 0 aromatic heterocycles. The van der Waals surface area contributed by atoms with Crippen molar-refractivity contribution in [3.05, 3.63) is 29.3 Å². The largest absolute Gasteiger partial charge is 0.488 e. The molecule has 2 aliphatic rings. The molecular weight excluding hydrogens is 390 g/mol. The van der Waals surface area contributed by atoms with E-state index in [0.717, 1.165) is 69.1 Å². The molecule has 176 valence electrons. The van der Waals surface area contributed by atoms with Crippen molar-refractivity contribution in [2.24, 2.45) is 17.8 Å². The summed E-state index contributed by atoms with van der Waals surface area (Å²) in [7, 11) is 0. The minimum absolute atomic E-state index is 0.0709. The molecule has 2 aliphatic carbocycles. The summed E-state index contributed by atoms with van der Waals surface area (Å²) in [6.07, 6.45) is 16.7. The highest BCUT2D eigenvalue weighted by Crippen LogP contribution is 2.42. The first-order valence-corrected chi connectivity index (χ1v) is 13.1. The van der Waals surface area contributed by atoms with E-state index in [4.69, 9.17) is 4.74 Å². The monoisotopic (exact) mass is 434 g/mol. The lowest BCUT2D eigenvalue weighted by Gasteiger charge is -2.31. The van der Waals surface area contributed by atoms with Crippen LogP contribution in [-0.2, 0) is 0 Å². The van der Waals surface area contributed by atoms with Crippen molar-refractivity contribution in [1.82, 2.24) is 0 Å². The van der Waals surface area contributed by atoms with E-state index < -0.39 is 11.6 Å². The Balaban J connectivity index is 1.51. The molecule has 1 nitrogen and oxygen atoms in total. The summed E-state index contributed by atoms with van der Waals surface area (Å²) in [5.41, 5.74) is 0.560. The van der Waals surface area contributed by atoms with Gasteiger partial charge in [0, 0.05) is 0 Å². The third-order valence-electron chi connectivity index (χ3n) is 7.95. The molecule has 0 spiro atoms. The second kappa shape index (κ2) is 12.2. The van der Waals surface area contributed by atoms with Gasteiger partial charge in [-0.1, -0.05) is 64.9 Å². The van der Waals surface area contributed by atoms with E-state index in [2.05, 4.69) is 13.8 Å². The Morgan fingerprint density at radius 2 is 1.61 bits per heavy atom. The lowest BCUT2D eigenvalue weighted by Crippen LogP contribution is -2.18. The van der Waals surface area contributed by atoms with Gasteiger partial charge in [0.25, 0.3) is 0 Å². The number of rotatable bonds is 9. The van der Waals surface area contributed by atoms with Gasteiger partial charge >= 0.3 is 0 Å². The average Bonchev–Trinajstić information content (AvgIpc) is 2.96. The summed E-state index contributed by atoms with van der Waals surface area (Å²) in [5, 5.41) is 0. The molecular formula is C28H44F2O. The maximum Gasteiger partial charge on any atom is 0.200 e. The smallest absolute Gasteiger partial charge is 0.200 e. The minimum atomic E-state index is -0.797. The lowest BCUT2D eigenvalue weighted by molar-refractivity contribution is 0.194. The maximum atomic E-state index is 14.9. The number of hydrogen-bond donors (Lipinski definition) is 0. The van der Waals surface area contributed by atoms with Crippen LogP contribution in [0.2, 0.25) is 0 Å². The molecule has 0 bridgehead atoms. The lowest BCUT2D eigenvalue weighted by atomic mass is 9.74. The third-order valence-corrected chi connectivity index (χ3v) is 7.95. The van der Waals surface area contributed by atoms with Gasteiger partial charge in [0.05, 0.1) is 6.10 Å². The predicted molar refractivity (Wildman–Crippen MR) is 126 cm³/mol. The zero-order valence-corrected chi connectivity index (χ0v) is 20.1. The van der Waals surface area contributed by atoms with Crippen LogP contribution in [0.25, 0.3) is 0 Å². The highest BCUT2D eigenvalue weighted by Gasteiger charge is 2.28. The normalized spacial score (nSPS) is 28.2. The Hall–Kier alpha value is -1.12. The summed E-state index contributed by atoms with van der Waals surface area (Å²) in [5.74, 6) is 1.29. The first kappa shape index (κ1) is 24.5. The van der Waals surface area contributed by atoms with Crippen LogP contribution in [0.5, 0.6) is 5.75 Å². The number of benzene rings is 1. The van der Waals surface area contributed by atoms with Gasteiger partial charge < -0.3 is 4.74 Å².